The number of benzene rings is 2. The normalized spacial score (nSPS) is 12.0. The first kappa shape index (κ1) is 22.4. The van der Waals surface area contributed by atoms with Crippen LogP contribution >= 0.6 is 35.0 Å². The Kier molecular flexibility index (Phi) is 6.83. The van der Waals surface area contributed by atoms with Crippen LogP contribution in [0.25, 0.3) is 5.69 Å². The van der Waals surface area contributed by atoms with Crippen LogP contribution in [0.15, 0.2) is 70.4 Å². The molecule has 2 aromatic heterocycles. The van der Waals surface area contributed by atoms with Gasteiger partial charge in [0.05, 0.1) is 23.0 Å². The third kappa shape index (κ3) is 4.98. The number of hydrogen-bond acceptors (Lipinski definition) is 5. The number of nitrogens with one attached hydrogen (secondary N) is 1. The SMILES string of the molecule is CC(NC(=O)c1ccco1)c1nnc(SCc2ccc(F)cc2)n1-c1ccc(Cl)cc1Cl. The number of rotatable bonds is 7. The fourth-order valence-corrected chi connectivity index (χ4v) is 4.41. The van der Waals surface area contributed by atoms with E-state index in [1.54, 1.807) is 54.0 Å². The Morgan fingerprint density at radius 1 is 1.19 bits per heavy atom. The van der Waals surface area contributed by atoms with E-state index in [-0.39, 0.29) is 17.5 Å². The largest absolute Gasteiger partial charge is 0.459 e. The highest BCUT2D eigenvalue weighted by atomic mass is 35.5. The summed E-state index contributed by atoms with van der Waals surface area (Å²) in [6.45, 7) is 1.79. The highest BCUT2D eigenvalue weighted by Gasteiger charge is 2.23. The summed E-state index contributed by atoms with van der Waals surface area (Å²) in [5.74, 6) is 0.545. The molecule has 0 bridgehead atoms. The van der Waals surface area contributed by atoms with E-state index in [0.717, 1.165) is 5.56 Å². The van der Waals surface area contributed by atoms with Crippen molar-refractivity contribution in [1.82, 2.24) is 20.1 Å². The van der Waals surface area contributed by atoms with Crippen LogP contribution in [0.5, 0.6) is 0 Å². The quantitative estimate of drug-likeness (QED) is 0.317. The van der Waals surface area contributed by atoms with Gasteiger partial charge in [0.1, 0.15) is 5.82 Å². The summed E-state index contributed by atoms with van der Waals surface area (Å²) >= 11 is 14.0. The fraction of sp³-hybridized carbons (Fsp3) is 0.136. The van der Waals surface area contributed by atoms with Crippen molar-refractivity contribution in [2.45, 2.75) is 23.9 Å². The van der Waals surface area contributed by atoms with Crippen LogP contribution in [0.2, 0.25) is 10.0 Å². The van der Waals surface area contributed by atoms with Crippen molar-refractivity contribution in [2.24, 2.45) is 0 Å². The first-order chi connectivity index (χ1) is 15.4. The average Bonchev–Trinajstić information content (AvgIpc) is 3.44. The lowest BCUT2D eigenvalue weighted by Crippen LogP contribution is -2.28. The standard InChI is InChI=1S/C22H17Cl2FN4O2S/c1-13(26-21(30)19-3-2-10-31-19)20-27-28-22(32-12-14-4-7-16(25)8-5-14)29(20)18-9-6-15(23)11-17(18)24/h2-11,13H,12H2,1H3,(H,26,30). The molecule has 1 amide bonds. The second-order valence-corrected chi connectivity index (χ2v) is 8.65. The zero-order valence-corrected chi connectivity index (χ0v) is 19.1. The highest BCUT2D eigenvalue weighted by Crippen LogP contribution is 2.32. The molecule has 0 radical (unpaired) electrons. The van der Waals surface area contributed by atoms with Crippen molar-refractivity contribution in [3.8, 4) is 5.69 Å². The lowest BCUT2D eigenvalue weighted by molar-refractivity contribution is 0.0910. The molecule has 1 N–H and O–H groups in total. The predicted molar refractivity (Wildman–Crippen MR) is 122 cm³/mol. The number of nitrogens with zero attached hydrogens (tertiary/aromatic N) is 3. The molecule has 0 saturated carbocycles. The van der Waals surface area contributed by atoms with E-state index in [1.807, 2.05) is 0 Å². The Hall–Kier alpha value is -2.81. The Bertz CT molecular complexity index is 1230. The molecule has 6 nitrogen and oxygen atoms in total. The summed E-state index contributed by atoms with van der Waals surface area (Å²) in [5, 5.41) is 12.9. The lowest BCUT2D eigenvalue weighted by Gasteiger charge is -2.17. The van der Waals surface area contributed by atoms with Gasteiger partial charge in [-0.15, -0.1) is 10.2 Å². The first-order valence-corrected chi connectivity index (χ1v) is 11.3. The maximum atomic E-state index is 13.2. The monoisotopic (exact) mass is 490 g/mol. The van der Waals surface area contributed by atoms with Gasteiger partial charge in [0.15, 0.2) is 16.7 Å². The Labute approximate surface area is 197 Å². The Morgan fingerprint density at radius 2 is 1.97 bits per heavy atom. The minimum absolute atomic E-state index is 0.193. The maximum Gasteiger partial charge on any atom is 0.287 e. The van der Waals surface area contributed by atoms with Crippen LogP contribution in [0.1, 0.15) is 34.9 Å². The van der Waals surface area contributed by atoms with Crippen molar-refractivity contribution < 1.29 is 13.6 Å². The summed E-state index contributed by atoms with van der Waals surface area (Å²) in [4.78, 5) is 12.5. The third-order valence-electron chi connectivity index (χ3n) is 4.57. The van der Waals surface area contributed by atoms with Crippen LogP contribution in [0.4, 0.5) is 4.39 Å². The van der Waals surface area contributed by atoms with Crippen molar-refractivity contribution in [3.63, 3.8) is 0 Å². The number of aromatic nitrogens is 3. The second-order valence-electron chi connectivity index (χ2n) is 6.86. The summed E-state index contributed by atoms with van der Waals surface area (Å²) in [6, 6.07) is 14.1. The number of furan rings is 1. The fourth-order valence-electron chi connectivity index (χ4n) is 3.01. The highest BCUT2D eigenvalue weighted by molar-refractivity contribution is 7.98. The molecular weight excluding hydrogens is 474 g/mol. The summed E-state index contributed by atoms with van der Waals surface area (Å²) < 4.78 is 20.1. The van der Waals surface area contributed by atoms with E-state index in [1.165, 1.54) is 30.2 Å². The average molecular weight is 491 g/mol. The van der Waals surface area contributed by atoms with Gasteiger partial charge in [-0.3, -0.25) is 9.36 Å². The summed E-state index contributed by atoms with van der Waals surface area (Å²) in [7, 11) is 0. The molecule has 0 aliphatic rings. The molecule has 32 heavy (non-hydrogen) atoms. The molecule has 4 rings (SSSR count). The molecular formula is C22H17Cl2FN4O2S. The molecule has 2 aromatic carbocycles. The smallest absolute Gasteiger partial charge is 0.287 e. The minimum atomic E-state index is -0.507. The van der Waals surface area contributed by atoms with E-state index in [2.05, 4.69) is 15.5 Å². The Morgan fingerprint density at radius 3 is 2.66 bits per heavy atom. The van der Waals surface area contributed by atoms with Gasteiger partial charge in [-0.25, -0.2) is 4.39 Å². The van der Waals surface area contributed by atoms with E-state index in [0.29, 0.717) is 32.5 Å². The number of amides is 1. The van der Waals surface area contributed by atoms with E-state index in [4.69, 9.17) is 27.6 Å². The van der Waals surface area contributed by atoms with Crippen molar-refractivity contribution >= 4 is 40.9 Å². The van der Waals surface area contributed by atoms with Gasteiger partial charge >= 0.3 is 0 Å². The van der Waals surface area contributed by atoms with Gasteiger partial charge in [-0.1, -0.05) is 47.1 Å². The molecule has 0 saturated heterocycles. The van der Waals surface area contributed by atoms with Crippen LogP contribution in [-0.2, 0) is 5.75 Å². The summed E-state index contributed by atoms with van der Waals surface area (Å²) in [5.41, 5.74) is 1.55. The predicted octanol–water partition coefficient (Wildman–Crippen LogP) is 6.09. The van der Waals surface area contributed by atoms with E-state index in [9.17, 15) is 9.18 Å². The zero-order valence-electron chi connectivity index (χ0n) is 16.8. The molecule has 1 unspecified atom stereocenters. The van der Waals surface area contributed by atoms with Gasteiger partial charge in [-0.05, 0) is 55.0 Å². The molecule has 0 spiro atoms. The van der Waals surface area contributed by atoms with Crippen molar-refractivity contribution in [2.75, 3.05) is 0 Å². The molecule has 1 atom stereocenters. The molecule has 0 fully saturated rings. The van der Waals surface area contributed by atoms with Crippen LogP contribution in [0.3, 0.4) is 0 Å². The van der Waals surface area contributed by atoms with Crippen LogP contribution in [-0.4, -0.2) is 20.7 Å². The number of carbonyl (C=O) groups excluding carboxylic acids is 1. The third-order valence-corrected chi connectivity index (χ3v) is 6.11. The maximum absolute atomic E-state index is 13.2. The molecule has 164 valence electrons. The van der Waals surface area contributed by atoms with Crippen LogP contribution < -0.4 is 5.32 Å². The van der Waals surface area contributed by atoms with E-state index >= 15 is 0 Å². The molecule has 2 heterocycles. The summed E-state index contributed by atoms with van der Waals surface area (Å²) in [6.07, 6.45) is 1.43. The topological polar surface area (TPSA) is 73.0 Å². The molecule has 10 heteroatoms. The van der Waals surface area contributed by atoms with Gasteiger partial charge in [0, 0.05) is 10.8 Å². The van der Waals surface area contributed by atoms with Crippen molar-refractivity contribution in [3.05, 3.63) is 93.9 Å². The zero-order chi connectivity index (χ0) is 22.7. The Balaban J connectivity index is 1.66. The number of carbonyl (C=O) groups is 1. The minimum Gasteiger partial charge on any atom is -0.459 e. The second kappa shape index (κ2) is 9.77. The van der Waals surface area contributed by atoms with Gasteiger partial charge in [0.2, 0.25) is 0 Å². The number of thioether (sulfide) groups is 1. The first-order valence-electron chi connectivity index (χ1n) is 9.54. The number of halogens is 3. The number of hydrogen-bond donors (Lipinski definition) is 1. The van der Waals surface area contributed by atoms with Gasteiger partial charge in [-0.2, -0.15) is 0 Å². The van der Waals surface area contributed by atoms with Crippen molar-refractivity contribution in [1.29, 1.82) is 0 Å². The van der Waals surface area contributed by atoms with Crippen LogP contribution in [0, 0.1) is 5.82 Å². The molecule has 4 aromatic rings. The molecule has 0 aliphatic heterocycles. The lowest BCUT2D eigenvalue weighted by atomic mass is 10.2. The van der Waals surface area contributed by atoms with E-state index < -0.39 is 6.04 Å². The van der Waals surface area contributed by atoms with Gasteiger partial charge in [0.25, 0.3) is 5.91 Å². The molecule has 0 aliphatic carbocycles. The van der Waals surface area contributed by atoms with Gasteiger partial charge < -0.3 is 9.73 Å².